The van der Waals surface area contributed by atoms with Crippen molar-refractivity contribution in [3.8, 4) is 0 Å². The second-order valence-corrected chi connectivity index (χ2v) is 3.06. The van der Waals surface area contributed by atoms with Crippen LogP contribution >= 0.6 is 0 Å². The third-order valence-corrected chi connectivity index (χ3v) is 2.74. The van der Waals surface area contributed by atoms with E-state index in [4.69, 9.17) is 0 Å². The summed E-state index contributed by atoms with van der Waals surface area (Å²) in [7, 11) is 0. The Balaban J connectivity index is 0.000000231. The molecule has 0 radical (unpaired) electrons. The van der Waals surface area contributed by atoms with Crippen LogP contribution in [0.25, 0.3) is 0 Å². The molecule has 0 amide bonds. The molecule has 1 nitrogen and oxygen atoms in total. The van der Waals surface area contributed by atoms with Gasteiger partial charge in [0.2, 0.25) is 0 Å². The van der Waals surface area contributed by atoms with Crippen LogP contribution in [0.15, 0.2) is 0 Å². The third kappa shape index (κ3) is 1.20. The molecule has 1 N–H and O–H groups in total. The van der Waals surface area contributed by atoms with Gasteiger partial charge in [0.25, 0.3) is 0 Å². The summed E-state index contributed by atoms with van der Waals surface area (Å²) in [6, 6.07) is 0. The van der Waals surface area contributed by atoms with E-state index in [-0.39, 0.29) is 0 Å². The summed E-state index contributed by atoms with van der Waals surface area (Å²) in [5, 5.41) is 3.39. The van der Waals surface area contributed by atoms with Crippen LogP contribution in [0.3, 0.4) is 0 Å². The Morgan fingerprint density at radius 2 is 1.70 bits per heavy atom. The Morgan fingerprint density at radius 3 is 2.00 bits per heavy atom. The average molecular weight is 141 g/mol. The highest BCUT2D eigenvalue weighted by molar-refractivity contribution is 5.02. The molecule has 10 heavy (non-hydrogen) atoms. The molecule has 2 rings (SSSR count). The van der Waals surface area contributed by atoms with Gasteiger partial charge < -0.3 is 5.32 Å². The van der Waals surface area contributed by atoms with Crippen LogP contribution in [0.2, 0.25) is 0 Å². The van der Waals surface area contributed by atoms with Gasteiger partial charge in [-0.25, -0.2) is 0 Å². The second-order valence-electron chi connectivity index (χ2n) is 3.06. The maximum Gasteiger partial charge on any atom is -0.00144 e. The number of piperidine rings is 1. The molecule has 1 saturated carbocycles. The Hall–Kier alpha value is -0.0400. The van der Waals surface area contributed by atoms with E-state index in [2.05, 4.69) is 12.2 Å². The average Bonchev–Trinajstić information content (AvgIpc) is 2.45. The fourth-order valence-corrected chi connectivity index (χ4v) is 2.15. The molecular weight excluding hydrogens is 122 g/mol. The van der Waals surface area contributed by atoms with Crippen LogP contribution in [-0.4, -0.2) is 13.1 Å². The maximum atomic E-state index is 3.39. The summed E-state index contributed by atoms with van der Waals surface area (Å²) in [4.78, 5) is 0. The first-order chi connectivity index (χ1) is 4.93. The maximum absolute atomic E-state index is 3.39. The minimum absolute atomic E-state index is 1.08. The van der Waals surface area contributed by atoms with Crippen molar-refractivity contribution in [3.05, 3.63) is 0 Å². The highest BCUT2D eigenvalue weighted by atomic mass is 15.0. The highest BCUT2D eigenvalue weighted by Crippen LogP contribution is 2.50. The van der Waals surface area contributed by atoms with Crippen LogP contribution in [0.5, 0.6) is 0 Å². The third-order valence-electron chi connectivity index (χ3n) is 2.74. The van der Waals surface area contributed by atoms with Crippen LogP contribution < -0.4 is 5.32 Å². The summed E-state index contributed by atoms with van der Waals surface area (Å²) in [5.74, 6) is 3.27. The van der Waals surface area contributed by atoms with E-state index in [1.807, 2.05) is 13.8 Å². The first kappa shape index (κ1) is 8.06. The zero-order valence-electron chi connectivity index (χ0n) is 7.35. The number of hydrogen-bond donors (Lipinski definition) is 1. The lowest BCUT2D eigenvalue weighted by atomic mass is 10.2. The van der Waals surface area contributed by atoms with E-state index in [0.29, 0.717) is 0 Å². The predicted octanol–water partition coefficient (Wildman–Crippen LogP) is 1.89. The minimum atomic E-state index is 1.08. The van der Waals surface area contributed by atoms with Gasteiger partial charge >= 0.3 is 0 Å². The SMILES string of the molecule is CC.CCC1C2CNCC12. The molecule has 0 bridgehead atoms. The van der Waals surface area contributed by atoms with Crippen molar-refractivity contribution < 1.29 is 0 Å². The fraction of sp³-hybridized carbons (Fsp3) is 1.00. The summed E-state index contributed by atoms with van der Waals surface area (Å²) in [6.45, 7) is 8.93. The van der Waals surface area contributed by atoms with Gasteiger partial charge in [-0.15, -0.1) is 0 Å². The molecule has 0 aromatic rings. The van der Waals surface area contributed by atoms with Gasteiger partial charge in [0.15, 0.2) is 0 Å². The van der Waals surface area contributed by atoms with Gasteiger partial charge in [-0.1, -0.05) is 27.2 Å². The zero-order valence-corrected chi connectivity index (χ0v) is 7.35. The second kappa shape index (κ2) is 3.38. The van der Waals surface area contributed by atoms with E-state index in [1.54, 1.807) is 0 Å². The normalized spacial score (nSPS) is 41.7. The van der Waals surface area contributed by atoms with Crippen molar-refractivity contribution in [1.82, 2.24) is 5.32 Å². The highest BCUT2D eigenvalue weighted by Gasteiger charge is 2.50. The summed E-state index contributed by atoms with van der Waals surface area (Å²) >= 11 is 0. The number of fused-ring (bicyclic) bond motifs is 1. The van der Waals surface area contributed by atoms with Crippen LogP contribution in [0.1, 0.15) is 27.2 Å². The van der Waals surface area contributed by atoms with E-state index < -0.39 is 0 Å². The standard InChI is InChI=1S/C7H13N.C2H6/c1-2-5-6-3-8-4-7(5)6;1-2/h5-8H,2-4H2,1H3;1-2H3. The molecule has 0 spiro atoms. The van der Waals surface area contributed by atoms with Gasteiger partial charge in [-0.3, -0.25) is 0 Å². The molecule has 0 aromatic heterocycles. The summed E-state index contributed by atoms with van der Waals surface area (Å²) in [5.41, 5.74) is 0. The van der Waals surface area contributed by atoms with Crippen LogP contribution in [0.4, 0.5) is 0 Å². The zero-order chi connectivity index (χ0) is 7.56. The molecule has 2 atom stereocenters. The molecule has 1 saturated heterocycles. The van der Waals surface area contributed by atoms with Crippen molar-refractivity contribution in [2.45, 2.75) is 27.2 Å². The monoisotopic (exact) mass is 141 g/mol. The summed E-state index contributed by atoms with van der Waals surface area (Å²) in [6.07, 6.45) is 1.41. The number of nitrogens with one attached hydrogen (secondary N) is 1. The molecule has 1 heteroatoms. The lowest BCUT2D eigenvalue weighted by Crippen LogP contribution is -2.14. The van der Waals surface area contributed by atoms with Gasteiger partial charge in [-0.05, 0) is 30.8 Å². The van der Waals surface area contributed by atoms with Crippen LogP contribution in [-0.2, 0) is 0 Å². The van der Waals surface area contributed by atoms with E-state index >= 15 is 0 Å². The van der Waals surface area contributed by atoms with Gasteiger partial charge in [0, 0.05) is 0 Å². The van der Waals surface area contributed by atoms with Crippen molar-refractivity contribution >= 4 is 0 Å². The van der Waals surface area contributed by atoms with E-state index in [9.17, 15) is 0 Å². The van der Waals surface area contributed by atoms with Gasteiger partial charge in [-0.2, -0.15) is 0 Å². The summed E-state index contributed by atoms with van der Waals surface area (Å²) < 4.78 is 0. The van der Waals surface area contributed by atoms with Crippen molar-refractivity contribution in [2.24, 2.45) is 17.8 Å². The van der Waals surface area contributed by atoms with Gasteiger partial charge in [0.1, 0.15) is 0 Å². The van der Waals surface area contributed by atoms with Crippen molar-refractivity contribution in [2.75, 3.05) is 13.1 Å². The van der Waals surface area contributed by atoms with E-state index in [0.717, 1.165) is 17.8 Å². The molecule has 1 aliphatic heterocycles. The Labute approximate surface area is 64.2 Å². The van der Waals surface area contributed by atoms with Crippen molar-refractivity contribution in [1.29, 1.82) is 0 Å². The van der Waals surface area contributed by atoms with Gasteiger partial charge in [0.05, 0.1) is 0 Å². The molecule has 2 unspecified atom stereocenters. The molecule has 2 fully saturated rings. The largest absolute Gasteiger partial charge is 0.316 e. The number of rotatable bonds is 1. The predicted molar refractivity (Wildman–Crippen MR) is 45.0 cm³/mol. The first-order valence-electron chi connectivity index (χ1n) is 4.64. The fourth-order valence-electron chi connectivity index (χ4n) is 2.15. The lowest BCUT2D eigenvalue weighted by Gasteiger charge is -1.97. The lowest BCUT2D eigenvalue weighted by molar-refractivity contribution is 0.582. The molecule has 0 aromatic carbocycles. The molecule has 1 aliphatic carbocycles. The Morgan fingerprint density at radius 1 is 1.20 bits per heavy atom. The van der Waals surface area contributed by atoms with E-state index in [1.165, 1.54) is 19.5 Å². The molecule has 60 valence electrons. The first-order valence-corrected chi connectivity index (χ1v) is 4.64. The molecule has 2 aliphatic rings. The topological polar surface area (TPSA) is 12.0 Å². The Kier molecular flexibility index (Phi) is 2.72. The quantitative estimate of drug-likeness (QED) is 0.588. The molecule has 1 heterocycles. The van der Waals surface area contributed by atoms with Crippen molar-refractivity contribution in [3.63, 3.8) is 0 Å². The Bertz CT molecular complexity index is 84.1. The minimum Gasteiger partial charge on any atom is -0.316 e. The smallest absolute Gasteiger partial charge is 0.00144 e. The van der Waals surface area contributed by atoms with Crippen LogP contribution in [0, 0.1) is 17.8 Å². The molecular formula is C9H19N. The number of hydrogen-bond acceptors (Lipinski definition) is 1.